The van der Waals surface area contributed by atoms with Crippen molar-refractivity contribution in [1.29, 1.82) is 0 Å². The van der Waals surface area contributed by atoms with E-state index in [1.54, 1.807) is 13.8 Å². The van der Waals surface area contributed by atoms with E-state index in [0.717, 1.165) is 25.7 Å². The number of hydrogen-bond donors (Lipinski definition) is 1. The molecule has 0 spiro atoms. The maximum Gasteiger partial charge on any atom is 0.392 e. The van der Waals surface area contributed by atoms with Crippen LogP contribution < -0.4 is 5.32 Å². The fourth-order valence-electron chi connectivity index (χ4n) is 3.93. The van der Waals surface area contributed by atoms with Crippen LogP contribution in [-0.2, 0) is 4.79 Å². The monoisotopic (exact) mass is 320 g/mol. The molecule has 2 rings (SSSR count). The summed E-state index contributed by atoms with van der Waals surface area (Å²) < 4.78 is 39.1. The maximum absolute atomic E-state index is 13.0. The Labute approximate surface area is 130 Å². The first-order valence-corrected chi connectivity index (χ1v) is 8.27. The standard InChI is InChI=1S/C16H27F3N2O/c1-15(2)11-21(9-8-13(15)16(17,18)19)10-14(22)20-12-6-4-3-5-7-12/h12-13H,3-11H2,1-2H3,(H,20,22)/t13-/m1/s1. The van der Waals surface area contributed by atoms with Gasteiger partial charge in [0.05, 0.1) is 12.5 Å². The first kappa shape index (κ1) is 17.6. The third-order valence-electron chi connectivity index (χ3n) is 5.04. The van der Waals surface area contributed by atoms with Crippen LogP contribution in [0.1, 0.15) is 52.4 Å². The second kappa shape index (κ2) is 6.77. The fourth-order valence-corrected chi connectivity index (χ4v) is 3.93. The molecule has 1 N–H and O–H groups in total. The lowest BCUT2D eigenvalue weighted by Gasteiger charge is -2.44. The minimum Gasteiger partial charge on any atom is -0.352 e. The Morgan fingerprint density at radius 3 is 2.36 bits per heavy atom. The van der Waals surface area contributed by atoms with Gasteiger partial charge >= 0.3 is 6.18 Å². The van der Waals surface area contributed by atoms with Crippen LogP contribution in [-0.4, -0.2) is 42.7 Å². The molecule has 1 amide bonds. The van der Waals surface area contributed by atoms with Gasteiger partial charge in [-0.25, -0.2) is 0 Å². The van der Waals surface area contributed by atoms with Gasteiger partial charge in [0.2, 0.25) is 5.91 Å². The Balaban J connectivity index is 1.83. The number of nitrogens with one attached hydrogen (secondary N) is 1. The van der Waals surface area contributed by atoms with Crippen molar-refractivity contribution in [2.45, 2.75) is 64.6 Å². The number of likely N-dealkylation sites (tertiary alicyclic amines) is 1. The Morgan fingerprint density at radius 2 is 1.82 bits per heavy atom. The highest BCUT2D eigenvalue weighted by Crippen LogP contribution is 2.44. The SMILES string of the molecule is CC1(C)CN(CC(=O)NC2CCCCC2)CC[C@H]1C(F)(F)F. The van der Waals surface area contributed by atoms with Crippen molar-refractivity contribution < 1.29 is 18.0 Å². The van der Waals surface area contributed by atoms with Crippen molar-refractivity contribution in [1.82, 2.24) is 10.2 Å². The molecule has 22 heavy (non-hydrogen) atoms. The normalized spacial score (nSPS) is 27.6. The lowest BCUT2D eigenvalue weighted by atomic mass is 9.73. The van der Waals surface area contributed by atoms with Crippen LogP contribution in [0.3, 0.4) is 0 Å². The van der Waals surface area contributed by atoms with Crippen LogP contribution in [0.4, 0.5) is 13.2 Å². The smallest absolute Gasteiger partial charge is 0.352 e. The highest BCUT2D eigenvalue weighted by atomic mass is 19.4. The third kappa shape index (κ3) is 4.61. The molecular weight excluding hydrogens is 293 g/mol. The molecule has 0 aromatic carbocycles. The topological polar surface area (TPSA) is 32.3 Å². The molecule has 1 atom stereocenters. The zero-order chi connectivity index (χ0) is 16.4. The number of alkyl halides is 3. The molecule has 2 aliphatic rings. The van der Waals surface area contributed by atoms with Crippen molar-refractivity contribution >= 4 is 5.91 Å². The molecule has 1 saturated heterocycles. The summed E-state index contributed by atoms with van der Waals surface area (Å²) in [5.41, 5.74) is -0.846. The molecule has 0 radical (unpaired) electrons. The van der Waals surface area contributed by atoms with Crippen LogP contribution in [0.15, 0.2) is 0 Å². The van der Waals surface area contributed by atoms with Crippen molar-refractivity contribution in [3.05, 3.63) is 0 Å². The lowest BCUT2D eigenvalue weighted by Crippen LogP contribution is -2.53. The Bertz CT molecular complexity index is 389. The predicted octanol–water partition coefficient (Wildman–Crippen LogP) is 3.35. The number of rotatable bonds is 3. The van der Waals surface area contributed by atoms with Crippen molar-refractivity contribution in [3.8, 4) is 0 Å². The van der Waals surface area contributed by atoms with Gasteiger partial charge in [-0.15, -0.1) is 0 Å². The van der Waals surface area contributed by atoms with E-state index in [1.165, 1.54) is 6.42 Å². The molecule has 0 bridgehead atoms. The van der Waals surface area contributed by atoms with Gasteiger partial charge in [-0.2, -0.15) is 13.2 Å². The average molecular weight is 320 g/mol. The van der Waals surface area contributed by atoms with E-state index in [1.807, 2.05) is 4.90 Å². The number of carbonyl (C=O) groups is 1. The van der Waals surface area contributed by atoms with E-state index in [4.69, 9.17) is 0 Å². The van der Waals surface area contributed by atoms with Gasteiger partial charge in [0.15, 0.2) is 0 Å². The van der Waals surface area contributed by atoms with E-state index >= 15 is 0 Å². The molecule has 1 heterocycles. The zero-order valence-electron chi connectivity index (χ0n) is 13.5. The molecular formula is C16H27F3N2O. The predicted molar refractivity (Wildman–Crippen MR) is 79.4 cm³/mol. The summed E-state index contributed by atoms with van der Waals surface area (Å²) in [5.74, 6) is -1.33. The third-order valence-corrected chi connectivity index (χ3v) is 5.04. The van der Waals surface area contributed by atoms with Crippen LogP contribution in [0.2, 0.25) is 0 Å². The Hall–Kier alpha value is -0.780. The largest absolute Gasteiger partial charge is 0.392 e. The number of piperidine rings is 1. The minimum absolute atomic E-state index is 0.0480. The van der Waals surface area contributed by atoms with Gasteiger partial charge in [-0.05, 0) is 31.2 Å². The van der Waals surface area contributed by atoms with Gasteiger partial charge < -0.3 is 5.32 Å². The van der Waals surface area contributed by atoms with Gasteiger partial charge in [-0.3, -0.25) is 9.69 Å². The molecule has 128 valence electrons. The number of carbonyl (C=O) groups excluding carboxylic acids is 1. The first-order valence-electron chi connectivity index (χ1n) is 8.27. The molecule has 1 saturated carbocycles. The summed E-state index contributed by atoms with van der Waals surface area (Å²) in [5, 5.41) is 3.03. The number of halogens is 3. The molecule has 3 nitrogen and oxygen atoms in total. The summed E-state index contributed by atoms with van der Waals surface area (Å²) in [4.78, 5) is 14.0. The molecule has 2 fully saturated rings. The van der Waals surface area contributed by atoms with Crippen molar-refractivity contribution in [2.75, 3.05) is 19.6 Å². The zero-order valence-corrected chi connectivity index (χ0v) is 13.5. The van der Waals surface area contributed by atoms with Crippen LogP contribution in [0, 0.1) is 11.3 Å². The summed E-state index contributed by atoms with van der Waals surface area (Å²) in [6.45, 7) is 4.16. The molecule has 6 heteroatoms. The highest BCUT2D eigenvalue weighted by molar-refractivity contribution is 5.78. The van der Waals surface area contributed by atoms with Gasteiger partial charge in [-0.1, -0.05) is 33.1 Å². The van der Waals surface area contributed by atoms with E-state index in [-0.39, 0.29) is 24.9 Å². The second-order valence-corrected chi connectivity index (χ2v) is 7.48. The molecule has 0 aromatic rings. The van der Waals surface area contributed by atoms with E-state index in [9.17, 15) is 18.0 Å². The minimum atomic E-state index is -4.15. The lowest BCUT2D eigenvalue weighted by molar-refractivity contribution is -0.216. The van der Waals surface area contributed by atoms with Crippen molar-refractivity contribution in [3.63, 3.8) is 0 Å². The first-order chi connectivity index (χ1) is 10.2. The Kier molecular flexibility index (Phi) is 5.41. The van der Waals surface area contributed by atoms with Gasteiger partial charge in [0, 0.05) is 12.6 Å². The molecule has 1 aliphatic carbocycles. The fraction of sp³-hybridized carbons (Fsp3) is 0.938. The second-order valence-electron chi connectivity index (χ2n) is 7.48. The number of hydrogen-bond acceptors (Lipinski definition) is 2. The van der Waals surface area contributed by atoms with E-state index in [0.29, 0.717) is 13.1 Å². The van der Waals surface area contributed by atoms with Crippen LogP contribution in [0.25, 0.3) is 0 Å². The molecule has 0 unspecified atom stereocenters. The van der Waals surface area contributed by atoms with Crippen molar-refractivity contribution in [2.24, 2.45) is 11.3 Å². The Morgan fingerprint density at radius 1 is 1.18 bits per heavy atom. The van der Waals surface area contributed by atoms with Gasteiger partial charge in [0.1, 0.15) is 0 Å². The quantitative estimate of drug-likeness (QED) is 0.865. The van der Waals surface area contributed by atoms with E-state index in [2.05, 4.69) is 5.32 Å². The summed E-state index contributed by atoms with van der Waals surface area (Å²) in [6, 6.07) is 0.252. The summed E-state index contributed by atoms with van der Waals surface area (Å²) in [6.07, 6.45) is 1.49. The average Bonchev–Trinajstić information content (AvgIpc) is 2.36. The molecule has 1 aliphatic heterocycles. The van der Waals surface area contributed by atoms with Crippen LogP contribution in [0.5, 0.6) is 0 Å². The number of amides is 1. The molecule has 0 aromatic heterocycles. The summed E-state index contributed by atoms with van der Waals surface area (Å²) >= 11 is 0. The van der Waals surface area contributed by atoms with Gasteiger partial charge in [0.25, 0.3) is 0 Å². The van der Waals surface area contributed by atoms with Crippen LogP contribution >= 0.6 is 0 Å². The highest BCUT2D eigenvalue weighted by Gasteiger charge is 2.51. The summed E-state index contributed by atoms with van der Waals surface area (Å²) in [7, 11) is 0. The van der Waals surface area contributed by atoms with E-state index < -0.39 is 17.5 Å². The maximum atomic E-state index is 13.0. The number of nitrogens with zero attached hydrogens (tertiary/aromatic N) is 1.